The molecule has 2 unspecified atom stereocenters. The molecule has 2 atom stereocenters. The van der Waals surface area contributed by atoms with E-state index in [-0.39, 0.29) is 17.4 Å². The Hall–Kier alpha value is -4.44. The lowest BCUT2D eigenvalue weighted by atomic mass is 9.78. The van der Waals surface area contributed by atoms with E-state index in [4.69, 9.17) is 24.7 Å². The molecule has 2 N–H and O–H groups in total. The first-order valence-corrected chi connectivity index (χ1v) is 10.8. The highest BCUT2D eigenvalue weighted by atomic mass is 16.6. The normalized spacial score (nSPS) is 21.0. The lowest BCUT2D eigenvalue weighted by Crippen LogP contribution is -2.34. The van der Waals surface area contributed by atoms with Crippen LogP contribution in [0.3, 0.4) is 0 Å². The fourth-order valence-corrected chi connectivity index (χ4v) is 4.62. The maximum absolute atomic E-state index is 13.2. The number of carbonyl (C=O) groups is 1. The summed E-state index contributed by atoms with van der Waals surface area (Å²) in [5.74, 6) is 0.743. The molecule has 0 saturated carbocycles. The van der Waals surface area contributed by atoms with Crippen LogP contribution < -0.4 is 15.2 Å². The average Bonchev–Trinajstić information content (AvgIpc) is 2.87. The van der Waals surface area contributed by atoms with Gasteiger partial charge in [-0.1, -0.05) is 30.4 Å². The Morgan fingerprint density at radius 2 is 1.97 bits per heavy atom. The van der Waals surface area contributed by atoms with E-state index in [1.165, 1.54) is 0 Å². The molecule has 0 bridgehead atoms. The van der Waals surface area contributed by atoms with E-state index in [0.717, 1.165) is 11.1 Å². The zero-order valence-electron chi connectivity index (χ0n) is 18.7. The fourth-order valence-electron chi connectivity index (χ4n) is 4.62. The van der Waals surface area contributed by atoms with Gasteiger partial charge in [-0.05, 0) is 47.9 Å². The van der Waals surface area contributed by atoms with Crippen LogP contribution in [0.4, 0.5) is 0 Å². The van der Waals surface area contributed by atoms with Gasteiger partial charge >= 0.3 is 5.97 Å². The number of esters is 1. The summed E-state index contributed by atoms with van der Waals surface area (Å²) in [5.41, 5.74) is 9.01. The smallest absolute Gasteiger partial charge is 0.343 e. The van der Waals surface area contributed by atoms with Crippen molar-refractivity contribution in [1.29, 1.82) is 5.26 Å². The van der Waals surface area contributed by atoms with Gasteiger partial charge < -0.3 is 24.7 Å². The summed E-state index contributed by atoms with van der Waals surface area (Å²) in [6, 6.07) is 15.3. The van der Waals surface area contributed by atoms with Crippen LogP contribution in [0.15, 0.2) is 89.2 Å². The van der Waals surface area contributed by atoms with Gasteiger partial charge in [-0.2, -0.15) is 5.26 Å². The van der Waals surface area contributed by atoms with Gasteiger partial charge in [0.15, 0.2) is 0 Å². The van der Waals surface area contributed by atoms with Crippen molar-refractivity contribution < 1.29 is 23.7 Å². The topological polar surface area (TPSA) is 104 Å². The number of hydrogen-bond acceptors (Lipinski definition) is 7. The maximum atomic E-state index is 13.2. The van der Waals surface area contributed by atoms with Crippen molar-refractivity contribution >= 4 is 5.97 Å². The molecule has 2 heterocycles. The summed E-state index contributed by atoms with van der Waals surface area (Å²) < 4.78 is 22.5. The second kappa shape index (κ2) is 8.49. The SMILES string of the molecule is COc1cccc(-c2cc(C3C(C#N)=C(N)OC4=C3C(=O)OC3=CC=CCC34)ccc2OC)c1. The Balaban J connectivity index is 1.69. The predicted molar refractivity (Wildman–Crippen MR) is 124 cm³/mol. The van der Waals surface area contributed by atoms with Crippen molar-refractivity contribution in [3.63, 3.8) is 0 Å². The number of benzene rings is 2. The number of fused-ring (bicyclic) bond motifs is 2. The van der Waals surface area contributed by atoms with Crippen molar-refractivity contribution in [2.24, 2.45) is 11.7 Å². The van der Waals surface area contributed by atoms with Gasteiger partial charge in [-0.25, -0.2) is 4.79 Å². The number of carbonyl (C=O) groups excluding carboxylic acids is 1. The van der Waals surface area contributed by atoms with Crippen LogP contribution in [0.25, 0.3) is 11.1 Å². The summed E-state index contributed by atoms with van der Waals surface area (Å²) in [6.07, 6.45) is 6.18. The largest absolute Gasteiger partial charge is 0.497 e. The van der Waals surface area contributed by atoms with E-state index in [1.807, 2.05) is 54.6 Å². The molecule has 7 heteroatoms. The molecule has 5 rings (SSSR count). The number of allylic oxidation sites excluding steroid dienone is 4. The van der Waals surface area contributed by atoms with Crippen molar-refractivity contribution in [2.45, 2.75) is 12.3 Å². The number of nitrogens with zero attached hydrogens (tertiary/aromatic N) is 1. The van der Waals surface area contributed by atoms with Crippen molar-refractivity contribution in [3.05, 3.63) is 94.8 Å². The zero-order valence-corrected chi connectivity index (χ0v) is 18.7. The second-order valence-corrected chi connectivity index (χ2v) is 8.07. The second-order valence-electron chi connectivity index (χ2n) is 8.07. The summed E-state index contributed by atoms with van der Waals surface area (Å²) in [4.78, 5) is 13.2. The fraction of sp³-hybridized carbons (Fsp3) is 0.185. The highest BCUT2D eigenvalue weighted by Gasteiger charge is 2.45. The third-order valence-corrected chi connectivity index (χ3v) is 6.24. The van der Waals surface area contributed by atoms with Gasteiger partial charge in [0.05, 0.1) is 31.6 Å². The third kappa shape index (κ3) is 3.41. The van der Waals surface area contributed by atoms with Crippen LogP contribution in [0, 0.1) is 17.2 Å². The van der Waals surface area contributed by atoms with E-state index in [1.54, 1.807) is 20.3 Å². The van der Waals surface area contributed by atoms with E-state index in [0.29, 0.717) is 40.6 Å². The zero-order chi connectivity index (χ0) is 23.8. The molecule has 0 amide bonds. The lowest BCUT2D eigenvalue weighted by Gasteiger charge is -2.36. The first-order valence-electron chi connectivity index (χ1n) is 10.8. The van der Waals surface area contributed by atoms with Crippen LogP contribution >= 0.6 is 0 Å². The number of rotatable bonds is 4. The predicted octanol–water partition coefficient (Wildman–Crippen LogP) is 4.45. The van der Waals surface area contributed by atoms with Gasteiger partial charge in [0.1, 0.15) is 34.7 Å². The molecule has 170 valence electrons. The Morgan fingerprint density at radius 1 is 1.12 bits per heavy atom. The summed E-state index contributed by atoms with van der Waals surface area (Å²) in [5, 5.41) is 9.95. The summed E-state index contributed by atoms with van der Waals surface area (Å²) in [7, 11) is 3.20. The third-order valence-electron chi connectivity index (χ3n) is 6.24. The summed E-state index contributed by atoms with van der Waals surface area (Å²) in [6.45, 7) is 0. The highest BCUT2D eigenvalue weighted by molar-refractivity contribution is 5.95. The van der Waals surface area contributed by atoms with Crippen LogP contribution in [0.2, 0.25) is 0 Å². The molecular weight excluding hydrogens is 432 g/mol. The van der Waals surface area contributed by atoms with Crippen LogP contribution in [0.5, 0.6) is 11.5 Å². The molecule has 0 fully saturated rings. The first kappa shape index (κ1) is 21.4. The molecule has 2 aromatic carbocycles. The first-order chi connectivity index (χ1) is 16.5. The maximum Gasteiger partial charge on any atom is 0.343 e. The molecule has 2 aromatic rings. The van der Waals surface area contributed by atoms with E-state index in [9.17, 15) is 10.1 Å². The Bertz CT molecular complexity index is 1360. The van der Waals surface area contributed by atoms with E-state index >= 15 is 0 Å². The van der Waals surface area contributed by atoms with Crippen molar-refractivity contribution in [2.75, 3.05) is 14.2 Å². The molecule has 3 aliphatic rings. The lowest BCUT2D eigenvalue weighted by molar-refractivity contribution is -0.138. The molecule has 2 aliphatic heterocycles. The minimum Gasteiger partial charge on any atom is -0.497 e. The highest BCUT2D eigenvalue weighted by Crippen LogP contribution is 2.48. The molecule has 0 saturated heterocycles. The molecular formula is C27H22N2O5. The Labute approximate surface area is 197 Å². The van der Waals surface area contributed by atoms with Gasteiger partial charge in [0, 0.05) is 5.56 Å². The molecule has 1 aliphatic carbocycles. The number of nitrogens with two attached hydrogens (primary N) is 1. The Morgan fingerprint density at radius 3 is 2.74 bits per heavy atom. The average molecular weight is 454 g/mol. The number of methoxy groups -OCH3 is 2. The van der Waals surface area contributed by atoms with E-state index in [2.05, 4.69) is 6.07 Å². The van der Waals surface area contributed by atoms with Gasteiger partial charge in [0.2, 0.25) is 5.88 Å². The van der Waals surface area contributed by atoms with Gasteiger partial charge in [-0.15, -0.1) is 0 Å². The molecule has 0 spiro atoms. The molecule has 0 radical (unpaired) electrons. The summed E-state index contributed by atoms with van der Waals surface area (Å²) >= 11 is 0. The number of ether oxygens (including phenoxy) is 4. The Kier molecular flexibility index (Phi) is 5.34. The van der Waals surface area contributed by atoms with Crippen LogP contribution in [0.1, 0.15) is 17.9 Å². The van der Waals surface area contributed by atoms with Crippen molar-refractivity contribution in [3.8, 4) is 28.7 Å². The van der Waals surface area contributed by atoms with Crippen LogP contribution in [-0.4, -0.2) is 20.2 Å². The van der Waals surface area contributed by atoms with E-state index < -0.39 is 11.9 Å². The van der Waals surface area contributed by atoms with Gasteiger partial charge in [-0.3, -0.25) is 0 Å². The molecule has 7 nitrogen and oxygen atoms in total. The number of nitriles is 1. The van der Waals surface area contributed by atoms with Crippen LogP contribution in [-0.2, 0) is 14.3 Å². The number of hydrogen-bond donors (Lipinski definition) is 1. The molecule has 0 aromatic heterocycles. The monoisotopic (exact) mass is 454 g/mol. The quantitative estimate of drug-likeness (QED) is 0.681. The van der Waals surface area contributed by atoms with Gasteiger partial charge in [0.25, 0.3) is 0 Å². The van der Waals surface area contributed by atoms with Crippen molar-refractivity contribution in [1.82, 2.24) is 0 Å². The minimum atomic E-state index is -0.732. The standard InChI is InChI=1S/C27H22N2O5/c1-31-17-7-5-6-15(12-17)19-13-16(10-11-21(19)32-2)23-20(14-28)26(29)34-25-18-8-3-4-9-22(18)33-27(30)24(23)25/h3-7,9-13,18,23H,8,29H2,1-2H3. The molecule has 34 heavy (non-hydrogen) atoms. The minimum absolute atomic E-state index is 0.00592.